The summed E-state index contributed by atoms with van der Waals surface area (Å²) in [6.45, 7) is 1.51. The number of carbonyl (C=O) groups excluding carboxylic acids is 1. The van der Waals surface area contributed by atoms with E-state index in [1.54, 1.807) is 17.8 Å². The third-order valence-electron chi connectivity index (χ3n) is 4.37. The van der Waals surface area contributed by atoms with Crippen molar-refractivity contribution in [2.45, 2.75) is 6.54 Å². The molecule has 0 atom stereocenters. The second-order valence-electron chi connectivity index (χ2n) is 6.05. The van der Waals surface area contributed by atoms with Gasteiger partial charge in [-0.15, -0.1) is 11.3 Å². The second-order valence-corrected chi connectivity index (χ2v) is 6.90. The van der Waals surface area contributed by atoms with Crippen LogP contribution in [0.2, 0.25) is 0 Å². The molecule has 7 nitrogen and oxygen atoms in total. The lowest BCUT2D eigenvalue weighted by Gasteiger charge is -2.07. The number of aromatic nitrogens is 4. The number of benzene rings is 1. The van der Waals surface area contributed by atoms with Crippen LogP contribution in [0.25, 0.3) is 21.5 Å². The molecule has 1 aliphatic heterocycles. The fourth-order valence-electron chi connectivity index (χ4n) is 3.11. The Morgan fingerprint density at radius 1 is 1.15 bits per heavy atom. The molecular weight excluding hydrogens is 360 g/mol. The van der Waals surface area contributed by atoms with Crippen molar-refractivity contribution in [1.29, 1.82) is 0 Å². The quantitative estimate of drug-likeness (QED) is 0.583. The van der Waals surface area contributed by atoms with Crippen molar-refractivity contribution in [3.05, 3.63) is 65.5 Å². The molecule has 1 aliphatic rings. The maximum absolute atomic E-state index is 12.7. The normalized spacial score (nSPS) is 13.6. The number of para-hydroxylation sites is 1. The molecule has 0 bridgehead atoms. The SMILES string of the molecule is O=C(N=c1nc2ccccc2c2n1CCN2)c1csc(-c2ccncc2)n1. The van der Waals surface area contributed by atoms with Crippen molar-refractivity contribution in [2.24, 2.45) is 4.99 Å². The van der Waals surface area contributed by atoms with Crippen molar-refractivity contribution in [2.75, 3.05) is 11.9 Å². The zero-order valence-corrected chi connectivity index (χ0v) is 15.0. The van der Waals surface area contributed by atoms with Gasteiger partial charge >= 0.3 is 0 Å². The van der Waals surface area contributed by atoms with Crippen LogP contribution in [0.1, 0.15) is 10.5 Å². The molecule has 4 heterocycles. The number of anilines is 1. The van der Waals surface area contributed by atoms with E-state index in [9.17, 15) is 4.79 Å². The maximum atomic E-state index is 12.7. The topological polar surface area (TPSA) is 85.1 Å². The van der Waals surface area contributed by atoms with Gasteiger partial charge in [0.25, 0.3) is 5.91 Å². The monoisotopic (exact) mass is 374 g/mol. The van der Waals surface area contributed by atoms with Gasteiger partial charge in [-0.05, 0) is 24.3 Å². The molecule has 0 radical (unpaired) electrons. The van der Waals surface area contributed by atoms with Crippen molar-refractivity contribution < 1.29 is 4.79 Å². The Bertz CT molecular complexity index is 1230. The molecule has 1 aromatic carbocycles. The van der Waals surface area contributed by atoms with E-state index in [0.717, 1.165) is 40.4 Å². The molecule has 1 amide bonds. The number of nitrogens with zero attached hydrogens (tertiary/aromatic N) is 5. The Balaban J connectivity index is 1.58. The zero-order chi connectivity index (χ0) is 18.2. The van der Waals surface area contributed by atoms with Gasteiger partial charge in [-0.2, -0.15) is 4.99 Å². The molecule has 8 heteroatoms. The van der Waals surface area contributed by atoms with Crippen LogP contribution in [0.4, 0.5) is 5.82 Å². The van der Waals surface area contributed by atoms with E-state index in [-0.39, 0.29) is 0 Å². The molecule has 0 saturated carbocycles. The lowest BCUT2D eigenvalue weighted by Crippen LogP contribution is -2.24. The van der Waals surface area contributed by atoms with Crippen molar-refractivity contribution in [1.82, 2.24) is 19.5 Å². The molecule has 1 N–H and O–H groups in total. The van der Waals surface area contributed by atoms with E-state index < -0.39 is 5.91 Å². The summed E-state index contributed by atoms with van der Waals surface area (Å²) in [7, 11) is 0. The molecule has 0 aliphatic carbocycles. The lowest BCUT2D eigenvalue weighted by molar-refractivity contribution is 0.0992. The number of amides is 1. The molecule has 5 rings (SSSR count). The number of hydrogen-bond acceptors (Lipinski definition) is 6. The molecule has 4 aromatic rings. The Hall–Kier alpha value is -3.39. The Labute approximate surface area is 158 Å². The van der Waals surface area contributed by atoms with Crippen molar-refractivity contribution in [3.8, 4) is 10.6 Å². The molecule has 0 spiro atoms. The van der Waals surface area contributed by atoms with Gasteiger partial charge < -0.3 is 5.32 Å². The fourth-order valence-corrected chi connectivity index (χ4v) is 3.91. The summed E-state index contributed by atoms with van der Waals surface area (Å²) in [5, 5.41) is 6.87. The molecule has 27 heavy (non-hydrogen) atoms. The highest BCUT2D eigenvalue weighted by molar-refractivity contribution is 7.13. The highest BCUT2D eigenvalue weighted by Crippen LogP contribution is 2.24. The smallest absolute Gasteiger partial charge is 0.299 e. The predicted octanol–water partition coefficient (Wildman–Crippen LogP) is 2.72. The summed E-state index contributed by atoms with van der Waals surface area (Å²) in [5.74, 6) is 0.554. The average Bonchev–Trinajstić information content (AvgIpc) is 3.39. The lowest BCUT2D eigenvalue weighted by atomic mass is 10.2. The van der Waals surface area contributed by atoms with Crippen LogP contribution in [-0.4, -0.2) is 32.0 Å². The van der Waals surface area contributed by atoms with Crippen molar-refractivity contribution >= 4 is 34.0 Å². The third kappa shape index (κ3) is 2.80. The van der Waals surface area contributed by atoms with Gasteiger partial charge in [0.2, 0.25) is 5.62 Å². The van der Waals surface area contributed by atoms with Crippen LogP contribution < -0.4 is 10.9 Å². The van der Waals surface area contributed by atoms with Crippen LogP contribution in [0.15, 0.2) is 59.2 Å². The summed E-state index contributed by atoms with van der Waals surface area (Å²) in [6.07, 6.45) is 3.41. The van der Waals surface area contributed by atoms with Gasteiger partial charge in [-0.25, -0.2) is 9.97 Å². The Morgan fingerprint density at radius 3 is 2.89 bits per heavy atom. The minimum absolute atomic E-state index is 0.321. The first-order valence-electron chi connectivity index (χ1n) is 8.48. The second kappa shape index (κ2) is 6.40. The van der Waals surface area contributed by atoms with E-state index in [4.69, 9.17) is 0 Å². The van der Waals surface area contributed by atoms with Crippen LogP contribution in [0, 0.1) is 0 Å². The summed E-state index contributed by atoms with van der Waals surface area (Å²) >= 11 is 1.41. The van der Waals surface area contributed by atoms with Gasteiger partial charge in [0.05, 0.1) is 5.52 Å². The highest BCUT2D eigenvalue weighted by atomic mass is 32.1. The van der Waals surface area contributed by atoms with E-state index in [2.05, 4.69) is 25.3 Å². The Morgan fingerprint density at radius 2 is 2.00 bits per heavy atom. The van der Waals surface area contributed by atoms with E-state index in [1.807, 2.05) is 41.0 Å². The summed E-state index contributed by atoms with van der Waals surface area (Å²) < 4.78 is 1.94. The van der Waals surface area contributed by atoms with Gasteiger partial charge in [0, 0.05) is 41.8 Å². The molecule has 0 fully saturated rings. The summed E-state index contributed by atoms with van der Waals surface area (Å²) in [4.78, 5) is 30.0. The summed E-state index contributed by atoms with van der Waals surface area (Å²) in [6, 6.07) is 11.6. The van der Waals surface area contributed by atoms with Gasteiger partial charge in [-0.1, -0.05) is 12.1 Å². The number of nitrogens with one attached hydrogen (secondary N) is 1. The van der Waals surface area contributed by atoms with E-state index >= 15 is 0 Å². The molecule has 0 saturated heterocycles. The first kappa shape index (κ1) is 15.8. The average molecular weight is 374 g/mol. The molecule has 132 valence electrons. The standard InChI is InChI=1S/C19H14N6OS/c26-17(15-11-27-18(22-15)12-5-7-20-8-6-12)24-19-23-14-4-2-1-3-13(14)16-21-9-10-25(16)19/h1-8,11,21H,9-10H2. The minimum atomic E-state index is -0.393. The van der Waals surface area contributed by atoms with E-state index in [0.29, 0.717) is 11.3 Å². The number of carbonyl (C=O) groups is 1. The third-order valence-corrected chi connectivity index (χ3v) is 5.26. The first-order valence-corrected chi connectivity index (χ1v) is 9.36. The van der Waals surface area contributed by atoms with Crippen LogP contribution >= 0.6 is 11.3 Å². The largest absolute Gasteiger partial charge is 0.369 e. The predicted molar refractivity (Wildman–Crippen MR) is 103 cm³/mol. The van der Waals surface area contributed by atoms with Gasteiger partial charge in [-0.3, -0.25) is 14.3 Å². The van der Waals surface area contributed by atoms with Crippen LogP contribution in [0.3, 0.4) is 0 Å². The number of fused-ring (bicyclic) bond motifs is 3. The number of thiazole rings is 1. The highest BCUT2D eigenvalue weighted by Gasteiger charge is 2.17. The maximum Gasteiger partial charge on any atom is 0.299 e. The minimum Gasteiger partial charge on any atom is -0.369 e. The summed E-state index contributed by atoms with van der Waals surface area (Å²) in [5.41, 5.74) is 2.46. The number of hydrogen-bond donors (Lipinski definition) is 1. The first-order chi connectivity index (χ1) is 13.3. The van der Waals surface area contributed by atoms with Crippen molar-refractivity contribution in [3.63, 3.8) is 0 Å². The zero-order valence-electron chi connectivity index (χ0n) is 14.2. The molecule has 3 aromatic heterocycles. The van der Waals surface area contributed by atoms with Crippen LogP contribution in [0.5, 0.6) is 0 Å². The van der Waals surface area contributed by atoms with Gasteiger partial charge in [0.1, 0.15) is 16.5 Å². The van der Waals surface area contributed by atoms with Crippen LogP contribution in [-0.2, 0) is 6.54 Å². The molecular formula is C19H14N6OS. The fraction of sp³-hybridized carbons (Fsp3) is 0.105. The van der Waals surface area contributed by atoms with Gasteiger partial charge in [0.15, 0.2) is 0 Å². The Kier molecular flexibility index (Phi) is 3.75. The number of pyridine rings is 1. The molecule has 0 unspecified atom stereocenters. The number of rotatable bonds is 2. The van der Waals surface area contributed by atoms with E-state index in [1.165, 1.54) is 11.3 Å².